The van der Waals surface area contributed by atoms with Gasteiger partial charge in [-0.1, -0.05) is 23.2 Å². The van der Waals surface area contributed by atoms with Gasteiger partial charge in [0.2, 0.25) is 11.8 Å². The highest BCUT2D eigenvalue weighted by molar-refractivity contribution is 6.35. The summed E-state index contributed by atoms with van der Waals surface area (Å²) in [5.41, 5.74) is 2.47. The summed E-state index contributed by atoms with van der Waals surface area (Å²) < 4.78 is 11.6. The molecule has 12 heteroatoms. The number of nitrogens with one attached hydrogen (secondary N) is 2. The number of quaternary nitrogens is 2. The Kier molecular flexibility index (Phi) is 8.79. The molecule has 39 heavy (non-hydrogen) atoms. The van der Waals surface area contributed by atoms with Crippen LogP contribution in [0.3, 0.4) is 0 Å². The Hall–Kier alpha value is -3.02. The molecule has 3 aromatic rings. The van der Waals surface area contributed by atoms with Crippen LogP contribution in [0.25, 0.3) is 11.3 Å². The van der Waals surface area contributed by atoms with Gasteiger partial charge in [0.25, 0.3) is 0 Å². The number of anilines is 1. The Morgan fingerprint density at radius 1 is 1.08 bits per heavy atom. The first kappa shape index (κ1) is 27.5. The first-order valence-corrected chi connectivity index (χ1v) is 13.8. The monoisotopic (exact) mass is 574 g/mol. The molecule has 5 rings (SSSR count). The number of carboxylic acids is 1. The predicted octanol–water partition coefficient (Wildman–Crippen LogP) is 1.23. The summed E-state index contributed by atoms with van der Waals surface area (Å²) in [6.45, 7) is 5.98. The zero-order chi connectivity index (χ0) is 27.4. The van der Waals surface area contributed by atoms with E-state index in [1.54, 1.807) is 18.5 Å². The normalized spacial score (nSPS) is 19.8. The molecule has 0 aliphatic carbocycles. The number of nitrogens with zero attached hydrogens (tertiary/aromatic N) is 4. The number of benzene rings is 1. The molecular formula is C27H32Cl2N6O4+2. The predicted molar refractivity (Wildman–Crippen MR) is 147 cm³/mol. The molecule has 1 aromatic carbocycles. The number of hydrogen-bond donors (Lipinski definition) is 3. The van der Waals surface area contributed by atoms with Crippen LogP contribution in [-0.4, -0.2) is 85.1 Å². The van der Waals surface area contributed by atoms with Crippen molar-refractivity contribution in [1.29, 1.82) is 0 Å². The molecule has 2 atom stereocenters. The fraction of sp³-hybridized carbons (Fsp3) is 0.407. The molecule has 1 unspecified atom stereocenters. The molecule has 2 saturated heterocycles. The maximum absolute atomic E-state index is 10.9. The number of aromatic nitrogens is 3. The van der Waals surface area contributed by atoms with E-state index in [9.17, 15) is 4.79 Å². The first-order valence-electron chi connectivity index (χ1n) is 13.0. The summed E-state index contributed by atoms with van der Waals surface area (Å²) in [5.74, 6) is 0.651. The first-order chi connectivity index (χ1) is 18.8. The van der Waals surface area contributed by atoms with Crippen LogP contribution in [0.4, 0.5) is 5.95 Å². The average Bonchev–Trinajstić information content (AvgIpc) is 3.35. The van der Waals surface area contributed by atoms with Crippen molar-refractivity contribution in [3.63, 3.8) is 0 Å². The Morgan fingerprint density at radius 2 is 1.79 bits per heavy atom. The molecule has 2 aliphatic rings. The number of likely N-dealkylation sites (tertiary alicyclic amines) is 1. The maximum atomic E-state index is 10.9. The molecule has 2 aromatic heterocycles. The Labute approximate surface area is 237 Å². The van der Waals surface area contributed by atoms with Crippen molar-refractivity contribution in [2.24, 2.45) is 0 Å². The highest BCUT2D eigenvalue weighted by Crippen LogP contribution is 2.30. The number of hydrogen-bond acceptors (Lipinski definition) is 7. The third-order valence-corrected chi connectivity index (χ3v) is 7.43. The van der Waals surface area contributed by atoms with Gasteiger partial charge in [-0.05, 0) is 24.3 Å². The second-order valence-corrected chi connectivity index (χ2v) is 11.0. The largest absolute Gasteiger partial charge is 0.480 e. The third kappa shape index (κ3) is 7.55. The second-order valence-electron chi connectivity index (χ2n) is 10.1. The zero-order valence-corrected chi connectivity index (χ0v) is 23.2. The number of carboxylic acid groups (broad SMARTS) is 1. The third-order valence-electron chi connectivity index (χ3n) is 6.99. The standard InChI is InChI=1S/C27H30Cl2N6O4/c1-33-4-6-35(7-5-33)27-30-13-23(14-31-27)39-25-9-18(15-34-3-2-22(16-34)38-17-26(36)37)8-24(32-25)19-10-20(28)12-21(29)11-19/h8-14,22H,2-7,15-17H2,1H3,(H,36,37)/p+2/t22-/m0/s1. The minimum Gasteiger partial charge on any atom is -0.480 e. The van der Waals surface area contributed by atoms with E-state index in [0.29, 0.717) is 39.9 Å². The highest BCUT2D eigenvalue weighted by Gasteiger charge is 2.28. The number of pyridine rings is 1. The average molecular weight is 575 g/mol. The fourth-order valence-corrected chi connectivity index (χ4v) is 5.50. The van der Waals surface area contributed by atoms with E-state index in [4.69, 9.17) is 42.8 Å². The van der Waals surface area contributed by atoms with E-state index in [1.807, 2.05) is 24.3 Å². The number of aliphatic carboxylic acids is 1. The summed E-state index contributed by atoms with van der Waals surface area (Å²) in [7, 11) is 2.19. The van der Waals surface area contributed by atoms with Crippen LogP contribution in [-0.2, 0) is 16.1 Å². The van der Waals surface area contributed by atoms with Crippen molar-refractivity contribution in [3.05, 3.63) is 58.3 Å². The highest BCUT2D eigenvalue weighted by atomic mass is 35.5. The number of rotatable bonds is 9. The van der Waals surface area contributed by atoms with E-state index in [-0.39, 0.29) is 12.7 Å². The summed E-state index contributed by atoms with van der Waals surface area (Å²) in [4.78, 5) is 29.6. The summed E-state index contributed by atoms with van der Waals surface area (Å²) in [5, 5.41) is 9.95. The molecule has 0 radical (unpaired) electrons. The van der Waals surface area contributed by atoms with Gasteiger partial charge >= 0.3 is 5.97 Å². The quantitative estimate of drug-likeness (QED) is 0.350. The van der Waals surface area contributed by atoms with Gasteiger partial charge in [0, 0.05) is 33.7 Å². The van der Waals surface area contributed by atoms with Gasteiger partial charge in [0.1, 0.15) is 25.8 Å². The van der Waals surface area contributed by atoms with E-state index in [2.05, 4.69) is 21.9 Å². The molecule has 2 aliphatic heterocycles. The topological polar surface area (TPSA) is 107 Å². The Bertz CT molecular complexity index is 1280. The number of likely N-dealkylation sites (N-methyl/N-ethyl adjacent to an activating group) is 1. The van der Waals surface area contributed by atoms with Crippen molar-refractivity contribution in [2.75, 3.05) is 57.8 Å². The summed E-state index contributed by atoms with van der Waals surface area (Å²) in [6.07, 6.45) is 4.09. The van der Waals surface area contributed by atoms with Gasteiger partial charge in [0.15, 0.2) is 5.75 Å². The SMILES string of the molecule is C[NH+]1CCN(c2ncc(Oc3cc(C[NH+]4CC[C@H](OCC(=O)O)C4)cc(-c4cc(Cl)cc(Cl)c4)n3)cn2)CC1. The van der Waals surface area contributed by atoms with Crippen molar-refractivity contribution >= 4 is 35.1 Å². The number of piperazine rings is 1. The zero-order valence-electron chi connectivity index (χ0n) is 21.7. The fourth-order valence-electron chi connectivity index (χ4n) is 4.97. The molecular weight excluding hydrogens is 543 g/mol. The van der Waals surface area contributed by atoms with Crippen molar-refractivity contribution in [1.82, 2.24) is 15.0 Å². The number of halogens is 2. The summed E-state index contributed by atoms with van der Waals surface area (Å²) >= 11 is 12.6. The smallest absolute Gasteiger partial charge is 0.329 e. The van der Waals surface area contributed by atoms with Gasteiger partial charge in [-0.2, -0.15) is 0 Å². The molecule has 10 nitrogen and oxygen atoms in total. The lowest BCUT2D eigenvalue weighted by Crippen LogP contribution is -3.12. The molecule has 0 amide bonds. The van der Waals surface area contributed by atoms with E-state index in [0.717, 1.165) is 56.8 Å². The lowest BCUT2D eigenvalue weighted by Gasteiger charge is -2.29. The van der Waals surface area contributed by atoms with Crippen molar-refractivity contribution in [3.8, 4) is 22.9 Å². The van der Waals surface area contributed by atoms with Crippen LogP contribution in [0.2, 0.25) is 10.0 Å². The van der Waals surface area contributed by atoms with E-state index in [1.165, 1.54) is 9.80 Å². The van der Waals surface area contributed by atoms with Crippen LogP contribution in [0.1, 0.15) is 12.0 Å². The van der Waals surface area contributed by atoms with Crippen LogP contribution in [0.15, 0.2) is 42.7 Å². The minimum atomic E-state index is -0.953. The molecule has 0 spiro atoms. The van der Waals surface area contributed by atoms with Crippen LogP contribution in [0, 0.1) is 0 Å². The summed E-state index contributed by atoms with van der Waals surface area (Å²) in [6, 6.07) is 9.22. The van der Waals surface area contributed by atoms with Crippen molar-refractivity contribution < 1.29 is 29.2 Å². The number of carbonyl (C=O) groups is 1. The Balaban J connectivity index is 1.35. The van der Waals surface area contributed by atoms with Gasteiger partial charge in [-0.25, -0.2) is 19.7 Å². The molecule has 206 valence electrons. The molecule has 3 N–H and O–H groups in total. The second kappa shape index (κ2) is 12.4. The lowest BCUT2D eigenvalue weighted by molar-refractivity contribution is -0.902. The van der Waals surface area contributed by atoms with E-state index < -0.39 is 5.97 Å². The van der Waals surface area contributed by atoms with Crippen LogP contribution in [0.5, 0.6) is 11.6 Å². The van der Waals surface area contributed by atoms with Crippen LogP contribution < -0.4 is 19.4 Å². The van der Waals surface area contributed by atoms with Gasteiger partial charge in [-0.15, -0.1) is 0 Å². The molecule has 0 saturated carbocycles. The molecule has 2 fully saturated rings. The van der Waals surface area contributed by atoms with Crippen molar-refractivity contribution in [2.45, 2.75) is 19.1 Å². The molecule has 4 heterocycles. The van der Waals surface area contributed by atoms with Crippen LogP contribution >= 0.6 is 23.2 Å². The van der Waals surface area contributed by atoms with Gasteiger partial charge in [-0.3, -0.25) is 0 Å². The minimum absolute atomic E-state index is 0.0720. The Morgan fingerprint density at radius 3 is 2.49 bits per heavy atom. The van der Waals surface area contributed by atoms with Gasteiger partial charge < -0.3 is 29.3 Å². The van der Waals surface area contributed by atoms with E-state index >= 15 is 0 Å². The maximum Gasteiger partial charge on any atom is 0.329 e. The number of ether oxygens (including phenoxy) is 2. The lowest BCUT2D eigenvalue weighted by atomic mass is 10.1. The van der Waals surface area contributed by atoms with Gasteiger partial charge in [0.05, 0.1) is 57.9 Å². The molecule has 0 bridgehead atoms.